The topological polar surface area (TPSA) is 12.0 Å². The van der Waals surface area contributed by atoms with Gasteiger partial charge >= 0.3 is 0 Å². The standard InChI is InChI=1S/C18H29N/c1-14(2)18(10-11-18)13-19-12-15-6-8-16(9-7-15)17(3,4)5/h6-9,14,19H,10-13H2,1-5H3. The van der Waals surface area contributed by atoms with Crippen LogP contribution < -0.4 is 5.32 Å². The third kappa shape index (κ3) is 3.60. The highest BCUT2D eigenvalue weighted by Crippen LogP contribution is 2.51. The first-order chi connectivity index (χ1) is 8.83. The molecule has 0 bridgehead atoms. The van der Waals surface area contributed by atoms with Crippen LogP contribution in [0.15, 0.2) is 24.3 Å². The quantitative estimate of drug-likeness (QED) is 0.820. The van der Waals surface area contributed by atoms with Crippen molar-refractivity contribution >= 4 is 0 Å². The summed E-state index contributed by atoms with van der Waals surface area (Å²) in [6.07, 6.45) is 2.81. The van der Waals surface area contributed by atoms with Crippen molar-refractivity contribution in [2.24, 2.45) is 11.3 Å². The first-order valence-corrected chi connectivity index (χ1v) is 7.64. The molecule has 2 rings (SSSR count). The van der Waals surface area contributed by atoms with Gasteiger partial charge in [0.05, 0.1) is 0 Å². The lowest BCUT2D eigenvalue weighted by Crippen LogP contribution is -2.27. The monoisotopic (exact) mass is 259 g/mol. The van der Waals surface area contributed by atoms with Crippen LogP contribution in [0.2, 0.25) is 0 Å². The zero-order valence-electron chi connectivity index (χ0n) is 13.2. The van der Waals surface area contributed by atoms with Crippen LogP contribution >= 0.6 is 0 Å². The Morgan fingerprint density at radius 3 is 2.11 bits per heavy atom. The van der Waals surface area contributed by atoms with E-state index in [-0.39, 0.29) is 5.41 Å². The zero-order chi connectivity index (χ0) is 14.1. The molecule has 19 heavy (non-hydrogen) atoms. The summed E-state index contributed by atoms with van der Waals surface area (Å²) in [5.74, 6) is 0.809. The smallest absolute Gasteiger partial charge is 0.0205 e. The number of hydrogen-bond donors (Lipinski definition) is 1. The molecule has 0 spiro atoms. The van der Waals surface area contributed by atoms with Crippen LogP contribution in [-0.2, 0) is 12.0 Å². The Kier molecular flexibility index (Phi) is 4.06. The molecule has 1 saturated carbocycles. The van der Waals surface area contributed by atoms with Crippen LogP contribution in [0.25, 0.3) is 0 Å². The molecule has 1 aromatic carbocycles. The molecule has 106 valence electrons. The molecule has 1 aliphatic rings. The maximum atomic E-state index is 3.64. The predicted molar refractivity (Wildman–Crippen MR) is 83.4 cm³/mol. The Balaban J connectivity index is 1.84. The van der Waals surface area contributed by atoms with E-state index in [9.17, 15) is 0 Å². The van der Waals surface area contributed by atoms with Crippen molar-refractivity contribution in [3.05, 3.63) is 35.4 Å². The van der Waals surface area contributed by atoms with E-state index >= 15 is 0 Å². The number of nitrogens with one attached hydrogen (secondary N) is 1. The summed E-state index contributed by atoms with van der Waals surface area (Å²) in [6.45, 7) is 13.7. The van der Waals surface area contributed by atoms with Gasteiger partial charge < -0.3 is 5.32 Å². The fourth-order valence-electron chi connectivity index (χ4n) is 2.70. The largest absolute Gasteiger partial charge is 0.312 e. The van der Waals surface area contributed by atoms with Gasteiger partial charge in [-0.15, -0.1) is 0 Å². The fourth-order valence-corrected chi connectivity index (χ4v) is 2.70. The Hall–Kier alpha value is -0.820. The maximum Gasteiger partial charge on any atom is 0.0205 e. The Morgan fingerprint density at radius 1 is 1.11 bits per heavy atom. The van der Waals surface area contributed by atoms with E-state index in [0.29, 0.717) is 5.41 Å². The highest BCUT2D eigenvalue weighted by Gasteiger charge is 2.44. The van der Waals surface area contributed by atoms with Crippen molar-refractivity contribution in [1.82, 2.24) is 5.32 Å². The highest BCUT2D eigenvalue weighted by molar-refractivity contribution is 5.27. The second-order valence-electron chi connectivity index (χ2n) is 7.57. The number of benzene rings is 1. The Morgan fingerprint density at radius 2 is 1.68 bits per heavy atom. The Bertz CT molecular complexity index is 404. The van der Waals surface area contributed by atoms with Gasteiger partial charge in [0.25, 0.3) is 0 Å². The first kappa shape index (κ1) is 14.6. The van der Waals surface area contributed by atoms with Gasteiger partial charge in [0.1, 0.15) is 0 Å². The Labute approximate surface area is 118 Å². The summed E-state index contributed by atoms with van der Waals surface area (Å²) >= 11 is 0. The van der Waals surface area contributed by atoms with Crippen LogP contribution in [0.3, 0.4) is 0 Å². The summed E-state index contributed by atoms with van der Waals surface area (Å²) in [6, 6.07) is 9.07. The molecule has 0 aromatic heterocycles. The average molecular weight is 259 g/mol. The lowest BCUT2D eigenvalue weighted by molar-refractivity contribution is 0.338. The lowest BCUT2D eigenvalue weighted by atomic mass is 9.87. The van der Waals surface area contributed by atoms with Gasteiger partial charge in [-0.2, -0.15) is 0 Å². The average Bonchev–Trinajstić information content (AvgIpc) is 3.10. The maximum absolute atomic E-state index is 3.64. The molecule has 1 fully saturated rings. The minimum atomic E-state index is 0.252. The fraction of sp³-hybridized carbons (Fsp3) is 0.667. The predicted octanol–water partition coefficient (Wildman–Crippen LogP) is 4.51. The first-order valence-electron chi connectivity index (χ1n) is 7.64. The van der Waals surface area contributed by atoms with Crippen LogP contribution in [0.4, 0.5) is 0 Å². The van der Waals surface area contributed by atoms with Gasteiger partial charge in [-0.05, 0) is 40.7 Å². The second-order valence-corrected chi connectivity index (χ2v) is 7.57. The number of hydrogen-bond acceptors (Lipinski definition) is 1. The number of rotatable bonds is 5. The molecule has 0 radical (unpaired) electrons. The van der Waals surface area contributed by atoms with Crippen LogP contribution in [0, 0.1) is 11.3 Å². The molecule has 1 heteroatoms. The van der Waals surface area contributed by atoms with Gasteiger partial charge in [0, 0.05) is 13.1 Å². The van der Waals surface area contributed by atoms with Crippen molar-refractivity contribution in [3.63, 3.8) is 0 Å². The summed E-state index contributed by atoms with van der Waals surface area (Å²) in [7, 11) is 0. The van der Waals surface area contributed by atoms with Crippen molar-refractivity contribution in [2.75, 3.05) is 6.54 Å². The van der Waals surface area contributed by atoms with E-state index in [4.69, 9.17) is 0 Å². The summed E-state index contributed by atoms with van der Waals surface area (Å²) in [5.41, 5.74) is 3.66. The molecule has 0 amide bonds. The molecule has 0 unspecified atom stereocenters. The van der Waals surface area contributed by atoms with E-state index in [1.165, 1.54) is 30.5 Å². The van der Waals surface area contributed by atoms with Crippen molar-refractivity contribution in [1.29, 1.82) is 0 Å². The molecule has 0 saturated heterocycles. The van der Waals surface area contributed by atoms with E-state index in [2.05, 4.69) is 64.2 Å². The third-order valence-electron chi connectivity index (χ3n) is 4.74. The van der Waals surface area contributed by atoms with Crippen LogP contribution in [-0.4, -0.2) is 6.54 Å². The third-order valence-corrected chi connectivity index (χ3v) is 4.74. The minimum Gasteiger partial charge on any atom is -0.312 e. The molecule has 1 aromatic rings. The summed E-state index contributed by atoms with van der Waals surface area (Å²) in [4.78, 5) is 0. The molecule has 1 nitrogen and oxygen atoms in total. The van der Waals surface area contributed by atoms with Crippen molar-refractivity contribution < 1.29 is 0 Å². The minimum absolute atomic E-state index is 0.252. The highest BCUT2D eigenvalue weighted by atomic mass is 14.9. The van der Waals surface area contributed by atoms with Gasteiger partial charge in [0.2, 0.25) is 0 Å². The zero-order valence-corrected chi connectivity index (χ0v) is 13.2. The van der Waals surface area contributed by atoms with Gasteiger partial charge in [-0.25, -0.2) is 0 Å². The molecule has 0 atom stereocenters. The van der Waals surface area contributed by atoms with Gasteiger partial charge in [-0.1, -0.05) is 58.9 Å². The van der Waals surface area contributed by atoms with Crippen molar-refractivity contribution in [2.45, 2.75) is 59.4 Å². The molecule has 0 heterocycles. The van der Waals surface area contributed by atoms with Crippen molar-refractivity contribution in [3.8, 4) is 0 Å². The molecule has 1 aliphatic carbocycles. The van der Waals surface area contributed by atoms with Gasteiger partial charge in [-0.3, -0.25) is 0 Å². The SMILES string of the molecule is CC(C)C1(CNCc2ccc(C(C)(C)C)cc2)CC1. The van der Waals surface area contributed by atoms with Crippen LogP contribution in [0.5, 0.6) is 0 Å². The van der Waals surface area contributed by atoms with E-state index in [0.717, 1.165) is 12.5 Å². The van der Waals surface area contributed by atoms with E-state index in [1.807, 2.05) is 0 Å². The molecule has 1 N–H and O–H groups in total. The van der Waals surface area contributed by atoms with Crippen LogP contribution in [0.1, 0.15) is 58.6 Å². The molecular formula is C18H29N. The summed E-state index contributed by atoms with van der Waals surface area (Å²) < 4.78 is 0. The second kappa shape index (κ2) is 5.28. The normalized spacial score (nSPS) is 17.8. The lowest BCUT2D eigenvalue weighted by Gasteiger charge is -2.21. The summed E-state index contributed by atoms with van der Waals surface area (Å²) in [5, 5.41) is 3.64. The van der Waals surface area contributed by atoms with Gasteiger partial charge in [0.15, 0.2) is 0 Å². The van der Waals surface area contributed by atoms with E-state index in [1.54, 1.807) is 0 Å². The van der Waals surface area contributed by atoms with E-state index < -0.39 is 0 Å². The molecular weight excluding hydrogens is 230 g/mol. The molecule has 0 aliphatic heterocycles.